The number of amides is 2. The van der Waals surface area contributed by atoms with Gasteiger partial charge in [0.2, 0.25) is 11.8 Å². The molecule has 5 atom stereocenters. The van der Waals surface area contributed by atoms with Crippen LogP contribution in [0.15, 0.2) is 42.5 Å². The van der Waals surface area contributed by atoms with Gasteiger partial charge in [-0.15, -0.1) is 0 Å². The average Bonchev–Trinajstić information content (AvgIpc) is 2.87. The fourth-order valence-electron chi connectivity index (χ4n) is 4.54. The number of halogens is 1. The third-order valence-corrected chi connectivity index (χ3v) is 10.2. The molecule has 0 spiro atoms. The van der Waals surface area contributed by atoms with Crippen LogP contribution in [0.2, 0.25) is 5.02 Å². The molecule has 1 aliphatic rings. The standard InChI is InChI=1S/C28H39ClN2O6S/c1-28(2,27(30)36)31(3)23(33)6-5-13-37-20-10-7-17(8-11-20)14-19-15-18(9-12-21(19)29)26-25(35)24(34)22(32)16-38(26)4/h7-12,15,22,24-26,32,34-35,38H,5-6,13-14,16H2,1-4H3,(H2,30,36)/t22-,24-,25-,26+/m1/s1. The summed E-state index contributed by atoms with van der Waals surface area (Å²) in [6.45, 7) is 3.59. The van der Waals surface area contributed by atoms with Crippen LogP contribution in [0, 0.1) is 0 Å². The van der Waals surface area contributed by atoms with E-state index in [2.05, 4.69) is 0 Å². The van der Waals surface area contributed by atoms with Crippen LogP contribution in [0.25, 0.3) is 0 Å². The largest absolute Gasteiger partial charge is 0.494 e. The number of ether oxygens (including phenoxy) is 1. The highest BCUT2D eigenvalue weighted by Gasteiger charge is 2.40. The molecule has 0 saturated carbocycles. The SMILES string of the molecule is CN(C(=O)CCCOc1ccc(Cc2cc([C@H]3[C@H](O)[C@H](O)[C@H](O)C[SH]3C)ccc2Cl)cc1)C(C)(C)C(N)=O. The number of thiol groups is 1. The molecule has 2 aromatic carbocycles. The number of rotatable bonds is 10. The molecule has 0 aromatic heterocycles. The van der Waals surface area contributed by atoms with E-state index in [4.69, 9.17) is 22.1 Å². The molecule has 0 aliphatic carbocycles. The molecular formula is C28H39ClN2O6S. The number of aliphatic hydroxyl groups is 3. The number of likely N-dealkylation sites (N-methyl/N-ethyl adjacent to an activating group) is 1. The molecule has 2 aromatic rings. The van der Waals surface area contributed by atoms with Crippen LogP contribution in [-0.2, 0) is 16.0 Å². The Bertz CT molecular complexity index is 1130. The topological polar surface area (TPSA) is 133 Å². The van der Waals surface area contributed by atoms with E-state index in [9.17, 15) is 24.9 Å². The number of carbonyl (C=O) groups excluding carboxylic acids is 2. The minimum absolute atomic E-state index is 0.172. The zero-order valence-corrected chi connectivity index (χ0v) is 24.0. The summed E-state index contributed by atoms with van der Waals surface area (Å²) < 4.78 is 5.78. The fraction of sp³-hybridized carbons (Fsp3) is 0.500. The molecule has 38 heavy (non-hydrogen) atoms. The number of nitrogens with zero attached hydrogens (tertiary/aromatic N) is 1. The Kier molecular flexibility index (Phi) is 10.1. The number of nitrogens with two attached hydrogens (primary N) is 1. The lowest BCUT2D eigenvalue weighted by Gasteiger charge is -2.42. The van der Waals surface area contributed by atoms with Gasteiger partial charge in [-0.25, -0.2) is 10.9 Å². The van der Waals surface area contributed by atoms with Crippen LogP contribution in [0.5, 0.6) is 5.75 Å². The Balaban J connectivity index is 1.57. The predicted molar refractivity (Wildman–Crippen MR) is 152 cm³/mol. The molecular weight excluding hydrogens is 528 g/mol. The number of benzene rings is 2. The first-order chi connectivity index (χ1) is 17.8. The second kappa shape index (κ2) is 12.7. The van der Waals surface area contributed by atoms with Crippen molar-refractivity contribution in [3.05, 3.63) is 64.2 Å². The summed E-state index contributed by atoms with van der Waals surface area (Å²) in [5.74, 6) is 0.432. The maximum atomic E-state index is 12.4. The first kappa shape index (κ1) is 30.2. The Morgan fingerprint density at radius 3 is 2.42 bits per heavy atom. The van der Waals surface area contributed by atoms with E-state index in [1.807, 2.05) is 48.7 Å². The van der Waals surface area contributed by atoms with Crippen molar-refractivity contribution in [1.82, 2.24) is 4.90 Å². The molecule has 10 heteroatoms. The monoisotopic (exact) mass is 566 g/mol. The van der Waals surface area contributed by atoms with Crippen LogP contribution in [0.1, 0.15) is 48.6 Å². The van der Waals surface area contributed by atoms with Crippen molar-refractivity contribution in [3.63, 3.8) is 0 Å². The molecule has 0 bridgehead atoms. The van der Waals surface area contributed by atoms with Gasteiger partial charge in [0.25, 0.3) is 0 Å². The van der Waals surface area contributed by atoms with Crippen molar-refractivity contribution in [2.24, 2.45) is 5.73 Å². The summed E-state index contributed by atoms with van der Waals surface area (Å²) in [6, 6.07) is 13.3. The molecule has 0 radical (unpaired) electrons. The highest BCUT2D eigenvalue weighted by Crippen LogP contribution is 2.48. The van der Waals surface area contributed by atoms with Gasteiger partial charge in [0, 0.05) is 29.5 Å². The molecule has 2 amide bonds. The Morgan fingerprint density at radius 1 is 1.13 bits per heavy atom. The van der Waals surface area contributed by atoms with E-state index >= 15 is 0 Å². The van der Waals surface area contributed by atoms with Crippen molar-refractivity contribution >= 4 is 34.3 Å². The molecule has 210 valence electrons. The lowest BCUT2D eigenvalue weighted by atomic mass is 9.96. The predicted octanol–water partition coefficient (Wildman–Crippen LogP) is 2.58. The first-order valence-corrected chi connectivity index (χ1v) is 15.1. The lowest BCUT2D eigenvalue weighted by Crippen LogP contribution is -2.53. The zero-order valence-electron chi connectivity index (χ0n) is 22.3. The Hall–Kier alpha value is -2.30. The van der Waals surface area contributed by atoms with Gasteiger partial charge in [-0.05, 0) is 67.8 Å². The van der Waals surface area contributed by atoms with Crippen LogP contribution in [0.4, 0.5) is 0 Å². The minimum Gasteiger partial charge on any atom is -0.494 e. The maximum Gasteiger partial charge on any atom is 0.242 e. The van der Waals surface area contributed by atoms with Crippen LogP contribution >= 0.6 is 22.5 Å². The van der Waals surface area contributed by atoms with Gasteiger partial charge in [-0.3, -0.25) is 9.59 Å². The molecule has 1 unspecified atom stereocenters. The summed E-state index contributed by atoms with van der Waals surface area (Å²) in [7, 11) is 0.860. The van der Waals surface area contributed by atoms with E-state index in [0.717, 1.165) is 16.7 Å². The van der Waals surface area contributed by atoms with Crippen LogP contribution in [0.3, 0.4) is 0 Å². The molecule has 1 aliphatic heterocycles. The Morgan fingerprint density at radius 2 is 1.79 bits per heavy atom. The van der Waals surface area contributed by atoms with E-state index in [-0.39, 0.29) is 17.6 Å². The van der Waals surface area contributed by atoms with Gasteiger partial charge in [0.05, 0.1) is 18.8 Å². The molecule has 3 rings (SSSR count). The quantitative estimate of drug-likeness (QED) is 0.222. The maximum absolute atomic E-state index is 12.4. The highest BCUT2D eigenvalue weighted by molar-refractivity contribution is 8.16. The van der Waals surface area contributed by atoms with Gasteiger partial charge in [-0.1, -0.05) is 35.9 Å². The fourth-order valence-corrected chi connectivity index (χ4v) is 7.12. The first-order valence-electron chi connectivity index (χ1n) is 12.6. The second-order valence-electron chi connectivity index (χ2n) is 10.4. The third-order valence-electron chi connectivity index (χ3n) is 7.37. The summed E-state index contributed by atoms with van der Waals surface area (Å²) in [6.07, 6.45) is 0.269. The van der Waals surface area contributed by atoms with Gasteiger partial charge >= 0.3 is 0 Å². The van der Waals surface area contributed by atoms with E-state index in [0.29, 0.717) is 36.0 Å². The number of aliphatic hydroxyl groups excluding tert-OH is 3. The van der Waals surface area contributed by atoms with Crippen molar-refractivity contribution in [2.45, 2.75) is 62.2 Å². The summed E-state index contributed by atoms with van der Waals surface area (Å²) in [5.41, 5.74) is 7.19. The Labute approximate surface area is 232 Å². The number of carbonyl (C=O) groups is 2. The summed E-state index contributed by atoms with van der Waals surface area (Å²) in [5, 5.41) is 31.2. The molecule has 1 saturated heterocycles. The summed E-state index contributed by atoms with van der Waals surface area (Å²) >= 11 is 6.49. The number of primary amides is 1. The normalized spacial score (nSPS) is 24.6. The molecule has 1 fully saturated rings. The van der Waals surface area contributed by atoms with Gasteiger partial charge in [0.15, 0.2) is 0 Å². The second-order valence-corrected chi connectivity index (χ2v) is 13.3. The smallest absolute Gasteiger partial charge is 0.242 e. The zero-order chi connectivity index (χ0) is 28.2. The van der Waals surface area contributed by atoms with Crippen molar-refractivity contribution in [1.29, 1.82) is 0 Å². The van der Waals surface area contributed by atoms with Crippen molar-refractivity contribution in [2.75, 3.05) is 25.7 Å². The van der Waals surface area contributed by atoms with Crippen molar-refractivity contribution in [3.8, 4) is 5.75 Å². The molecule has 8 nitrogen and oxygen atoms in total. The highest BCUT2D eigenvalue weighted by atomic mass is 35.5. The van der Waals surface area contributed by atoms with Gasteiger partial charge in [-0.2, -0.15) is 0 Å². The van der Waals surface area contributed by atoms with Crippen LogP contribution in [-0.4, -0.2) is 81.5 Å². The molecule has 1 heterocycles. The average molecular weight is 567 g/mol. The van der Waals surface area contributed by atoms with Crippen molar-refractivity contribution < 1.29 is 29.6 Å². The van der Waals surface area contributed by atoms with Crippen LogP contribution < -0.4 is 10.5 Å². The number of hydrogen-bond acceptors (Lipinski definition) is 6. The van der Waals surface area contributed by atoms with E-state index < -0.39 is 40.7 Å². The molecule has 5 N–H and O–H groups in total. The van der Waals surface area contributed by atoms with E-state index in [1.54, 1.807) is 20.9 Å². The lowest BCUT2D eigenvalue weighted by molar-refractivity contribution is -0.142. The number of hydrogen-bond donors (Lipinski definition) is 5. The minimum atomic E-state index is -1.16. The summed E-state index contributed by atoms with van der Waals surface area (Å²) in [4.78, 5) is 25.3. The van der Waals surface area contributed by atoms with Gasteiger partial charge < -0.3 is 30.7 Å². The third kappa shape index (κ3) is 7.01. The van der Waals surface area contributed by atoms with E-state index in [1.165, 1.54) is 4.90 Å². The van der Waals surface area contributed by atoms with Gasteiger partial charge in [0.1, 0.15) is 17.4 Å².